The van der Waals surface area contributed by atoms with Crippen LogP contribution in [-0.4, -0.2) is 33.6 Å². The highest BCUT2D eigenvalue weighted by molar-refractivity contribution is 6.30. The Morgan fingerprint density at radius 1 is 1.03 bits per heavy atom. The van der Waals surface area contributed by atoms with Crippen LogP contribution in [0.4, 0.5) is 5.82 Å². The Bertz CT molecular complexity index is 1310. The fourth-order valence-electron chi connectivity index (χ4n) is 4.48. The van der Waals surface area contributed by atoms with Gasteiger partial charge in [0.2, 0.25) is 5.91 Å². The van der Waals surface area contributed by atoms with Crippen molar-refractivity contribution in [1.29, 1.82) is 0 Å². The molecule has 1 amide bonds. The molecule has 0 bridgehead atoms. The minimum Gasteiger partial charge on any atom is -0.356 e. The summed E-state index contributed by atoms with van der Waals surface area (Å²) in [7, 11) is 0. The fraction of sp³-hybridized carbons (Fsp3) is 0.296. The molecular formula is C27H28ClN5O. The van der Waals surface area contributed by atoms with Gasteiger partial charge in [-0.3, -0.25) is 4.79 Å². The first-order valence-corrected chi connectivity index (χ1v) is 12.1. The van der Waals surface area contributed by atoms with E-state index in [-0.39, 0.29) is 11.8 Å². The van der Waals surface area contributed by atoms with Crippen molar-refractivity contribution in [3.8, 4) is 11.3 Å². The average molecular weight is 474 g/mol. The van der Waals surface area contributed by atoms with Crippen LogP contribution in [0.25, 0.3) is 16.9 Å². The quantitative estimate of drug-likeness (QED) is 0.432. The number of nitrogens with one attached hydrogen (secondary N) is 1. The Kier molecular flexibility index (Phi) is 6.24. The fourth-order valence-corrected chi connectivity index (χ4v) is 4.60. The van der Waals surface area contributed by atoms with Gasteiger partial charge >= 0.3 is 0 Å². The van der Waals surface area contributed by atoms with Crippen LogP contribution in [0.2, 0.25) is 5.02 Å². The van der Waals surface area contributed by atoms with Gasteiger partial charge in [-0.2, -0.15) is 9.61 Å². The van der Waals surface area contributed by atoms with Crippen molar-refractivity contribution in [2.75, 3.05) is 18.0 Å². The molecule has 0 atom stereocenters. The third kappa shape index (κ3) is 4.77. The molecule has 6 nitrogen and oxygen atoms in total. The van der Waals surface area contributed by atoms with Crippen LogP contribution in [0.5, 0.6) is 0 Å². The van der Waals surface area contributed by atoms with Crippen LogP contribution >= 0.6 is 11.6 Å². The van der Waals surface area contributed by atoms with Crippen molar-refractivity contribution < 1.29 is 4.79 Å². The number of hydrogen-bond donors (Lipinski definition) is 1. The summed E-state index contributed by atoms with van der Waals surface area (Å²) in [6.45, 7) is 6.25. The summed E-state index contributed by atoms with van der Waals surface area (Å²) in [6.07, 6.45) is 1.63. The van der Waals surface area contributed by atoms with Crippen LogP contribution in [0.15, 0.2) is 60.7 Å². The zero-order valence-corrected chi connectivity index (χ0v) is 20.2. The minimum atomic E-state index is 0.0300. The van der Waals surface area contributed by atoms with Gasteiger partial charge in [0.05, 0.1) is 5.69 Å². The van der Waals surface area contributed by atoms with Crippen LogP contribution in [0.3, 0.4) is 0 Å². The number of anilines is 1. The number of rotatable bonds is 5. The lowest BCUT2D eigenvalue weighted by Crippen LogP contribution is -2.41. The SMILES string of the molecule is Cc1ccc(CNC(=O)C2CCN(c3cc(C)nc4cc(-c5ccc(Cl)cc5)nn34)CC2)cc1. The molecule has 2 aromatic heterocycles. The van der Waals surface area contributed by atoms with E-state index in [2.05, 4.69) is 52.5 Å². The van der Waals surface area contributed by atoms with Gasteiger partial charge in [0, 0.05) is 54.0 Å². The molecule has 0 radical (unpaired) electrons. The van der Waals surface area contributed by atoms with E-state index >= 15 is 0 Å². The Morgan fingerprint density at radius 2 is 1.74 bits per heavy atom. The van der Waals surface area contributed by atoms with Crippen molar-refractivity contribution in [1.82, 2.24) is 19.9 Å². The molecule has 3 heterocycles. The smallest absolute Gasteiger partial charge is 0.223 e. The van der Waals surface area contributed by atoms with Gasteiger partial charge < -0.3 is 10.2 Å². The molecule has 1 aliphatic rings. The van der Waals surface area contributed by atoms with E-state index in [1.165, 1.54) is 5.56 Å². The Balaban J connectivity index is 1.28. The summed E-state index contributed by atoms with van der Waals surface area (Å²) in [6, 6.07) is 20.0. The number of benzene rings is 2. The summed E-state index contributed by atoms with van der Waals surface area (Å²) in [4.78, 5) is 19.8. The molecule has 0 saturated carbocycles. The predicted octanol–water partition coefficient (Wildman–Crippen LogP) is 5.20. The normalized spacial score (nSPS) is 14.5. The monoisotopic (exact) mass is 473 g/mol. The topological polar surface area (TPSA) is 62.5 Å². The molecule has 0 spiro atoms. The van der Waals surface area contributed by atoms with Gasteiger partial charge in [-0.25, -0.2) is 4.98 Å². The number of fused-ring (bicyclic) bond motifs is 1. The van der Waals surface area contributed by atoms with Crippen molar-refractivity contribution >= 4 is 29.0 Å². The molecule has 7 heteroatoms. The highest BCUT2D eigenvalue weighted by atomic mass is 35.5. The molecular weight excluding hydrogens is 446 g/mol. The maximum atomic E-state index is 12.8. The zero-order valence-electron chi connectivity index (χ0n) is 19.5. The lowest BCUT2D eigenvalue weighted by molar-refractivity contribution is -0.125. The lowest BCUT2D eigenvalue weighted by Gasteiger charge is -2.33. The Hall–Kier alpha value is -3.38. The highest BCUT2D eigenvalue weighted by Gasteiger charge is 2.26. The number of hydrogen-bond acceptors (Lipinski definition) is 4. The van der Waals surface area contributed by atoms with E-state index in [1.807, 2.05) is 41.8 Å². The average Bonchev–Trinajstić information content (AvgIpc) is 3.27. The van der Waals surface area contributed by atoms with Crippen molar-refractivity contribution in [2.45, 2.75) is 33.2 Å². The van der Waals surface area contributed by atoms with Gasteiger partial charge in [-0.1, -0.05) is 53.6 Å². The maximum absolute atomic E-state index is 12.8. The molecule has 1 saturated heterocycles. The van der Waals surface area contributed by atoms with Gasteiger partial charge in [-0.05, 0) is 44.4 Å². The molecule has 1 N–H and O–H groups in total. The third-order valence-electron chi connectivity index (χ3n) is 6.45. The number of piperidine rings is 1. The Labute approximate surface area is 204 Å². The van der Waals surface area contributed by atoms with Crippen LogP contribution in [-0.2, 0) is 11.3 Å². The van der Waals surface area contributed by atoms with Crippen LogP contribution in [0, 0.1) is 19.8 Å². The van der Waals surface area contributed by atoms with Gasteiger partial charge in [0.25, 0.3) is 0 Å². The van der Waals surface area contributed by atoms with Gasteiger partial charge in [0.15, 0.2) is 5.65 Å². The van der Waals surface area contributed by atoms with E-state index in [0.29, 0.717) is 11.6 Å². The van der Waals surface area contributed by atoms with E-state index < -0.39 is 0 Å². The van der Waals surface area contributed by atoms with E-state index in [1.54, 1.807) is 0 Å². The summed E-state index contributed by atoms with van der Waals surface area (Å²) in [5, 5.41) is 8.66. The number of nitrogens with zero attached hydrogens (tertiary/aromatic N) is 4. The summed E-state index contributed by atoms with van der Waals surface area (Å²) in [5.41, 5.74) is 5.98. The molecule has 1 aliphatic heterocycles. The van der Waals surface area contributed by atoms with Gasteiger partial charge in [0.1, 0.15) is 5.82 Å². The number of halogens is 1. The molecule has 1 fully saturated rings. The number of aryl methyl sites for hydroxylation is 2. The maximum Gasteiger partial charge on any atom is 0.223 e. The van der Waals surface area contributed by atoms with E-state index in [4.69, 9.17) is 16.7 Å². The van der Waals surface area contributed by atoms with E-state index in [9.17, 15) is 4.79 Å². The molecule has 2 aromatic carbocycles. The zero-order chi connectivity index (χ0) is 23.7. The lowest BCUT2D eigenvalue weighted by atomic mass is 9.95. The predicted molar refractivity (Wildman–Crippen MR) is 136 cm³/mol. The molecule has 4 aromatic rings. The third-order valence-corrected chi connectivity index (χ3v) is 6.71. The number of amides is 1. The van der Waals surface area contributed by atoms with Crippen molar-refractivity contribution in [3.63, 3.8) is 0 Å². The molecule has 0 aliphatic carbocycles. The summed E-state index contributed by atoms with van der Waals surface area (Å²) in [5.74, 6) is 1.18. The van der Waals surface area contributed by atoms with Crippen LogP contribution in [0.1, 0.15) is 29.7 Å². The first-order chi connectivity index (χ1) is 16.5. The summed E-state index contributed by atoms with van der Waals surface area (Å²) >= 11 is 6.04. The number of aromatic nitrogens is 3. The van der Waals surface area contributed by atoms with Crippen LogP contribution < -0.4 is 10.2 Å². The first kappa shape index (κ1) is 22.4. The highest BCUT2D eigenvalue weighted by Crippen LogP contribution is 2.27. The largest absolute Gasteiger partial charge is 0.356 e. The van der Waals surface area contributed by atoms with Gasteiger partial charge in [-0.15, -0.1) is 0 Å². The van der Waals surface area contributed by atoms with Crippen molar-refractivity contribution in [3.05, 3.63) is 82.5 Å². The second-order valence-electron chi connectivity index (χ2n) is 9.03. The minimum absolute atomic E-state index is 0.0300. The number of carbonyl (C=O) groups excluding carboxylic acids is 1. The van der Waals surface area contributed by atoms with E-state index in [0.717, 1.165) is 59.9 Å². The van der Waals surface area contributed by atoms with Crippen molar-refractivity contribution in [2.24, 2.45) is 5.92 Å². The molecule has 174 valence electrons. The first-order valence-electron chi connectivity index (χ1n) is 11.7. The standard InChI is InChI=1S/C27H28ClN5O/c1-18-3-5-20(6-4-18)17-29-27(34)22-11-13-32(14-12-22)26-15-19(2)30-25-16-24(31-33(25)26)21-7-9-23(28)10-8-21/h3-10,15-16,22H,11-14,17H2,1-2H3,(H,29,34). The number of carbonyl (C=O) groups is 1. The molecule has 5 rings (SSSR count). The molecule has 0 unspecified atom stereocenters. The molecule has 34 heavy (non-hydrogen) atoms. The Morgan fingerprint density at radius 3 is 2.44 bits per heavy atom. The summed E-state index contributed by atoms with van der Waals surface area (Å²) < 4.78 is 1.91. The second kappa shape index (κ2) is 9.47. The second-order valence-corrected chi connectivity index (χ2v) is 9.46.